The van der Waals surface area contributed by atoms with Gasteiger partial charge in [-0.2, -0.15) is 5.26 Å². The molecule has 0 amide bonds. The normalized spacial score (nSPS) is 17.1. The third-order valence-corrected chi connectivity index (χ3v) is 1.80. The fourth-order valence-corrected chi connectivity index (χ4v) is 0.741. The molecule has 0 aromatic rings. The topological polar surface area (TPSA) is 44.0 Å². The molecule has 0 aliphatic heterocycles. The molecule has 0 rings (SSSR count). The second kappa shape index (κ2) is 3.73. The van der Waals surface area contributed by atoms with E-state index in [2.05, 4.69) is 6.07 Å². The van der Waals surface area contributed by atoms with Gasteiger partial charge in [0.25, 0.3) is 0 Å². The van der Waals surface area contributed by atoms with Crippen LogP contribution in [0.1, 0.15) is 34.1 Å². The summed E-state index contributed by atoms with van der Waals surface area (Å²) >= 11 is 0. The average molecular weight is 155 g/mol. The lowest BCUT2D eigenvalue weighted by Crippen LogP contribution is -2.27. The van der Waals surface area contributed by atoms with Crippen LogP contribution in [0.15, 0.2) is 0 Å². The van der Waals surface area contributed by atoms with Gasteiger partial charge in [0.1, 0.15) is 0 Å². The second-order valence-electron chi connectivity index (χ2n) is 4.15. The van der Waals surface area contributed by atoms with E-state index in [-0.39, 0.29) is 17.4 Å². The van der Waals surface area contributed by atoms with Gasteiger partial charge in [0.2, 0.25) is 0 Å². The average Bonchev–Trinajstić information content (AvgIpc) is 1.85. The maximum atomic E-state index is 9.54. The lowest BCUT2D eigenvalue weighted by atomic mass is 9.84. The summed E-state index contributed by atoms with van der Waals surface area (Å²) in [6, 6.07) is 2.11. The van der Waals surface area contributed by atoms with Crippen molar-refractivity contribution in [3.05, 3.63) is 0 Å². The molecular formula is C9H17NO. The molecule has 0 spiro atoms. The van der Waals surface area contributed by atoms with E-state index < -0.39 is 0 Å². The third kappa shape index (κ3) is 4.00. The van der Waals surface area contributed by atoms with Gasteiger partial charge >= 0.3 is 0 Å². The van der Waals surface area contributed by atoms with E-state index in [1.165, 1.54) is 0 Å². The number of aliphatic hydroxyl groups excluding tert-OH is 1. The monoisotopic (exact) mass is 155 g/mol. The molecule has 0 saturated heterocycles. The Bertz CT molecular complexity index is 152. The summed E-state index contributed by atoms with van der Waals surface area (Å²) < 4.78 is 0. The highest BCUT2D eigenvalue weighted by Crippen LogP contribution is 2.23. The minimum atomic E-state index is -0.378. The molecule has 0 aromatic heterocycles. The molecule has 64 valence electrons. The Morgan fingerprint density at radius 3 is 2.18 bits per heavy atom. The van der Waals surface area contributed by atoms with E-state index in [9.17, 15) is 5.11 Å². The third-order valence-electron chi connectivity index (χ3n) is 1.80. The number of hydrogen-bond donors (Lipinski definition) is 1. The van der Waals surface area contributed by atoms with Crippen molar-refractivity contribution in [1.29, 1.82) is 5.26 Å². The van der Waals surface area contributed by atoms with Crippen LogP contribution >= 0.6 is 0 Å². The van der Waals surface area contributed by atoms with Crippen molar-refractivity contribution in [2.75, 3.05) is 0 Å². The van der Waals surface area contributed by atoms with Crippen LogP contribution < -0.4 is 0 Å². The minimum absolute atomic E-state index is 0.0516. The molecule has 0 heterocycles. The summed E-state index contributed by atoms with van der Waals surface area (Å²) in [4.78, 5) is 0. The Balaban J connectivity index is 3.90. The van der Waals surface area contributed by atoms with E-state index in [0.717, 1.165) is 0 Å². The van der Waals surface area contributed by atoms with Crippen molar-refractivity contribution in [3.8, 4) is 6.07 Å². The molecule has 0 bridgehead atoms. The quantitative estimate of drug-likeness (QED) is 0.662. The molecule has 0 unspecified atom stereocenters. The van der Waals surface area contributed by atoms with Crippen molar-refractivity contribution in [2.24, 2.45) is 11.3 Å². The van der Waals surface area contributed by atoms with Crippen LogP contribution in [0.4, 0.5) is 0 Å². The molecule has 2 atom stereocenters. The van der Waals surface area contributed by atoms with E-state index in [1.807, 2.05) is 27.7 Å². The standard InChI is InChI=1S/C9H17NO/c1-7(6-10)5-8(11)9(2,3)4/h7-8,11H,5H2,1-4H3/t7-,8+/m0/s1. The van der Waals surface area contributed by atoms with E-state index in [1.54, 1.807) is 0 Å². The van der Waals surface area contributed by atoms with Gasteiger partial charge in [-0.3, -0.25) is 0 Å². The van der Waals surface area contributed by atoms with Gasteiger partial charge in [-0.25, -0.2) is 0 Å². The highest BCUT2D eigenvalue weighted by atomic mass is 16.3. The van der Waals surface area contributed by atoms with Crippen LogP contribution in [0.5, 0.6) is 0 Å². The fourth-order valence-electron chi connectivity index (χ4n) is 0.741. The Morgan fingerprint density at radius 1 is 1.45 bits per heavy atom. The number of rotatable bonds is 2. The highest BCUT2D eigenvalue weighted by molar-refractivity contribution is 4.84. The first kappa shape index (κ1) is 10.4. The fraction of sp³-hybridized carbons (Fsp3) is 0.889. The first-order valence-corrected chi connectivity index (χ1v) is 3.95. The summed E-state index contributed by atoms with van der Waals surface area (Å²) in [7, 11) is 0. The van der Waals surface area contributed by atoms with Gasteiger partial charge in [0.15, 0.2) is 0 Å². The largest absolute Gasteiger partial charge is 0.393 e. The Morgan fingerprint density at radius 2 is 1.91 bits per heavy atom. The first-order chi connectivity index (χ1) is 4.88. The number of nitrogens with zero attached hydrogens (tertiary/aromatic N) is 1. The van der Waals surface area contributed by atoms with Gasteiger partial charge in [-0.15, -0.1) is 0 Å². The Kier molecular flexibility index (Phi) is 3.54. The zero-order chi connectivity index (χ0) is 9.07. The van der Waals surface area contributed by atoms with Gasteiger partial charge in [-0.1, -0.05) is 20.8 Å². The summed E-state index contributed by atoms with van der Waals surface area (Å²) in [5.41, 5.74) is -0.106. The van der Waals surface area contributed by atoms with Crippen molar-refractivity contribution < 1.29 is 5.11 Å². The van der Waals surface area contributed by atoms with E-state index in [4.69, 9.17) is 5.26 Å². The lowest BCUT2D eigenvalue weighted by Gasteiger charge is -2.26. The summed E-state index contributed by atoms with van der Waals surface area (Å²) in [6.07, 6.45) is 0.192. The molecule has 0 radical (unpaired) electrons. The van der Waals surface area contributed by atoms with Gasteiger partial charge in [0, 0.05) is 5.92 Å². The summed E-state index contributed by atoms with van der Waals surface area (Å²) in [6.45, 7) is 7.75. The Hall–Kier alpha value is -0.550. The maximum Gasteiger partial charge on any atom is 0.0653 e. The number of aliphatic hydroxyl groups is 1. The highest BCUT2D eigenvalue weighted by Gasteiger charge is 2.23. The van der Waals surface area contributed by atoms with Crippen molar-refractivity contribution >= 4 is 0 Å². The molecule has 11 heavy (non-hydrogen) atoms. The van der Waals surface area contributed by atoms with E-state index in [0.29, 0.717) is 6.42 Å². The molecular weight excluding hydrogens is 138 g/mol. The molecule has 0 aliphatic carbocycles. The Labute approximate surface area is 68.8 Å². The maximum absolute atomic E-state index is 9.54. The van der Waals surface area contributed by atoms with Crippen LogP contribution in [0.2, 0.25) is 0 Å². The van der Waals surface area contributed by atoms with Crippen LogP contribution in [-0.2, 0) is 0 Å². The van der Waals surface area contributed by atoms with Crippen LogP contribution in [0.25, 0.3) is 0 Å². The van der Waals surface area contributed by atoms with Crippen molar-refractivity contribution in [3.63, 3.8) is 0 Å². The van der Waals surface area contributed by atoms with Crippen molar-refractivity contribution in [2.45, 2.75) is 40.2 Å². The van der Waals surface area contributed by atoms with Crippen molar-refractivity contribution in [1.82, 2.24) is 0 Å². The molecule has 0 saturated carbocycles. The molecule has 2 nitrogen and oxygen atoms in total. The van der Waals surface area contributed by atoms with Gasteiger partial charge in [0.05, 0.1) is 12.2 Å². The number of hydrogen-bond acceptors (Lipinski definition) is 2. The zero-order valence-electron chi connectivity index (χ0n) is 7.76. The molecule has 0 fully saturated rings. The predicted molar refractivity (Wildman–Crippen MR) is 44.9 cm³/mol. The molecule has 0 aromatic carbocycles. The first-order valence-electron chi connectivity index (χ1n) is 3.95. The molecule has 2 heteroatoms. The lowest BCUT2D eigenvalue weighted by molar-refractivity contribution is 0.0486. The predicted octanol–water partition coefficient (Wildman–Crippen LogP) is 1.94. The van der Waals surface area contributed by atoms with Gasteiger partial charge < -0.3 is 5.11 Å². The van der Waals surface area contributed by atoms with E-state index >= 15 is 0 Å². The summed E-state index contributed by atoms with van der Waals surface area (Å²) in [5, 5.41) is 18.0. The smallest absolute Gasteiger partial charge is 0.0653 e. The molecule has 1 N–H and O–H groups in total. The summed E-state index contributed by atoms with van der Waals surface area (Å²) in [5.74, 6) is -0.0516. The minimum Gasteiger partial charge on any atom is -0.393 e. The van der Waals surface area contributed by atoms with Crippen LogP contribution in [0, 0.1) is 22.7 Å². The SMILES string of the molecule is C[C@H](C#N)C[C@@H](O)C(C)(C)C. The van der Waals surface area contributed by atoms with Gasteiger partial charge in [-0.05, 0) is 18.8 Å². The van der Waals surface area contributed by atoms with Crippen LogP contribution in [0.3, 0.4) is 0 Å². The molecule has 0 aliphatic rings. The number of nitriles is 1. The van der Waals surface area contributed by atoms with Crippen LogP contribution in [-0.4, -0.2) is 11.2 Å². The zero-order valence-corrected chi connectivity index (χ0v) is 7.76. The second-order valence-corrected chi connectivity index (χ2v) is 4.15.